The molecule has 0 saturated carbocycles. The van der Waals surface area contributed by atoms with E-state index in [1.54, 1.807) is 0 Å². The Morgan fingerprint density at radius 2 is 2.17 bits per heavy atom. The van der Waals surface area contributed by atoms with Gasteiger partial charge in [0.25, 0.3) is 0 Å². The number of fused-ring (bicyclic) bond motifs is 2. The molecule has 3 N–H and O–H groups in total. The fourth-order valence-corrected chi connectivity index (χ4v) is 3.63. The summed E-state index contributed by atoms with van der Waals surface area (Å²) in [6.45, 7) is 2.83. The maximum atomic E-state index is 11.1. The third-order valence-electron chi connectivity index (χ3n) is 5.23. The molecule has 0 aliphatic carbocycles. The molecule has 0 bridgehead atoms. The molecule has 5 rings (SSSR count). The van der Waals surface area contributed by atoms with E-state index >= 15 is 0 Å². The molecule has 0 atom stereocenters. The summed E-state index contributed by atoms with van der Waals surface area (Å²) in [6, 6.07) is 6.01. The van der Waals surface area contributed by atoms with Crippen molar-refractivity contribution in [3.8, 4) is 0 Å². The topological polar surface area (TPSA) is 111 Å². The number of aromatic nitrogens is 5. The smallest absolute Gasteiger partial charge is 0.407 e. The number of aromatic amines is 1. The fraction of sp³-hybridized carbons (Fsp3) is 0.200. The van der Waals surface area contributed by atoms with Crippen molar-refractivity contribution < 1.29 is 9.90 Å². The molecule has 0 spiro atoms. The zero-order valence-electron chi connectivity index (χ0n) is 15.8. The van der Waals surface area contributed by atoms with Gasteiger partial charge >= 0.3 is 6.09 Å². The number of carbonyl (C=O) groups is 1. The molecule has 1 amide bonds. The van der Waals surface area contributed by atoms with E-state index in [2.05, 4.69) is 25.3 Å². The Kier molecular flexibility index (Phi) is 3.94. The second-order valence-corrected chi connectivity index (χ2v) is 7.02. The van der Waals surface area contributed by atoms with Crippen molar-refractivity contribution in [2.45, 2.75) is 13.3 Å². The number of hydrogen-bond acceptors (Lipinski definition) is 5. The van der Waals surface area contributed by atoms with Crippen LogP contribution < -0.4 is 5.32 Å². The molecule has 9 heteroatoms. The van der Waals surface area contributed by atoms with Crippen molar-refractivity contribution in [3.63, 3.8) is 0 Å². The second-order valence-electron chi connectivity index (χ2n) is 7.02. The van der Waals surface area contributed by atoms with Crippen molar-refractivity contribution >= 4 is 39.7 Å². The molecule has 29 heavy (non-hydrogen) atoms. The molecule has 0 aromatic carbocycles. The van der Waals surface area contributed by atoms with Gasteiger partial charge in [-0.05, 0) is 37.1 Å². The molecule has 146 valence electrons. The summed E-state index contributed by atoms with van der Waals surface area (Å²) in [5.74, 6) is 1.62. The van der Waals surface area contributed by atoms with Crippen LogP contribution in [0.5, 0.6) is 0 Å². The van der Waals surface area contributed by atoms with Crippen molar-refractivity contribution in [1.29, 1.82) is 0 Å². The average molecular weight is 389 g/mol. The Morgan fingerprint density at radius 3 is 2.97 bits per heavy atom. The maximum absolute atomic E-state index is 11.1. The number of H-pyrrole nitrogens is 1. The molecule has 4 aromatic rings. The van der Waals surface area contributed by atoms with Crippen LogP contribution in [0.15, 0.2) is 43.0 Å². The molecule has 1 aliphatic heterocycles. The van der Waals surface area contributed by atoms with Gasteiger partial charge in [-0.3, -0.25) is 0 Å². The van der Waals surface area contributed by atoms with Crippen LogP contribution in [0, 0.1) is 6.92 Å². The van der Waals surface area contributed by atoms with Gasteiger partial charge in [-0.15, -0.1) is 0 Å². The van der Waals surface area contributed by atoms with Gasteiger partial charge in [0.1, 0.15) is 23.6 Å². The average Bonchev–Trinajstić information content (AvgIpc) is 3.33. The van der Waals surface area contributed by atoms with Crippen LogP contribution in [0.1, 0.15) is 17.9 Å². The molecule has 0 fully saturated rings. The number of imidazole rings is 1. The van der Waals surface area contributed by atoms with Gasteiger partial charge in [-0.2, -0.15) is 0 Å². The van der Waals surface area contributed by atoms with Crippen LogP contribution in [-0.4, -0.2) is 53.5 Å². The van der Waals surface area contributed by atoms with Gasteiger partial charge in [0.05, 0.1) is 22.8 Å². The lowest BCUT2D eigenvalue weighted by atomic mass is 10.1. The Labute approximate surface area is 165 Å². The molecule has 9 nitrogen and oxygen atoms in total. The minimum absolute atomic E-state index is 0.390. The van der Waals surface area contributed by atoms with Gasteiger partial charge in [0.2, 0.25) is 0 Å². The molecular weight excluding hydrogens is 370 g/mol. The number of hydrogen-bond donors (Lipinski definition) is 3. The van der Waals surface area contributed by atoms with Crippen molar-refractivity contribution in [2.24, 2.45) is 0 Å². The number of amides is 1. The van der Waals surface area contributed by atoms with E-state index in [1.807, 2.05) is 48.0 Å². The Balaban J connectivity index is 1.47. The highest BCUT2D eigenvalue weighted by atomic mass is 16.4. The summed E-state index contributed by atoms with van der Waals surface area (Å²) in [5, 5.41) is 13.4. The highest BCUT2D eigenvalue weighted by molar-refractivity contribution is 5.92. The van der Waals surface area contributed by atoms with E-state index in [1.165, 1.54) is 11.2 Å². The van der Waals surface area contributed by atoms with Crippen molar-refractivity contribution in [3.05, 3.63) is 54.5 Å². The Morgan fingerprint density at radius 1 is 1.28 bits per heavy atom. The number of nitrogens with zero attached hydrogens (tertiary/aromatic N) is 5. The normalized spacial score (nSPS) is 14.4. The highest BCUT2D eigenvalue weighted by Gasteiger charge is 2.18. The van der Waals surface area contributed by atoms with Crippen LogP contribution in [-0.2, 0) is 0 Å². The van der Waals surface area contributed by atoms with E-state index in [9.17, 15) is 4.79 Å². The summed E-state index contributed by atoms with van der Waals surface area (Å²) < 4.78 is 2.02. The van der Waals surface area contributed by atoms with Gasteiger partial charge in [0, 0.05) is 25.0 Å². The molecule has 4 aromatic heterocycles. The van der Waals surface area contributed by atoms with Gasteiger partial charge in [-0.25, -0.2) is 19.7 Å². The maximum Gasteiger partial charge on any atom is 0.407 e. The lowest BCUT2D eigenvalue weighted by Gasteiger charge is -2.23. The third kappa shape index (κ3) is 3.06. The highest BCUT2D eigenvalue weighted by Crippen LogP contribution is 2.29. The molecular formula is C20H19N7O2. The fourth-order valence-electron chi connectivity index (χ4n) is 3.63. The predicted molar refractivity (Wildman–Crippen MR) is 109 cm³/mol. The minimum atomic E-state index is -0.889. The first-order valence-corrected chi connectivity index (χ1v) is 9.30. The number of carboxylic acid groups (broad SMARTS) is 1. The zero-order chi connectivity index (χ0) is 20.0. The Hall–Kier alpha value is -3.88. The standard InChI is InChI=1S/C20H19N7O2/c1-12-21-9-15-3-2-14(10-27(12)15)24-18-16-8-17(25-19(16)23-11-22-18)13-4-6-26(7-5-13)20(28)29/h2-4,8-11H,5-7H2,1H3,(H,28,29)(H2,22,23,24,25). The van der Waals surface area contributed by atoms with Gasteiger partial charge in [-0.1, -0.05) is 6.08 Å². The summed E-state index contributed by atoms with van der Waals surface area (Å²) in [5.41, 5.74) is 4.69. The number of pyridine rings is 1. The molecule has 1 aliphatic rings. The van der Waals surface area contributed by atoms with E-state index in [0.717, 1.165) is 39.3 Å². The monoisotopic (exact) mass is 389 g/mol. The summed E-state index contributed by atoms with van der Waals surface area (Å²) in [6.07, 6.45) is 7.06. The van der Waals surface area contributed by atoms with Crippen molar-refractivity contribution in [1.82, 2.24) is 29.2 Å². The number of rotatable bonds is 3. The van der Waals surface area contributed by atoms with E-state index in [4.69, 9.17) is 5.11 Å². The van der Waals surface area contributed by atoms with Crippen molar-refractivity contribution in [2.75, 3.05) is 18.4 Å². The number of anilines is 2. The quantitative estimate of drug-likeness (QED) is 0.495. The molecule has 0 saturated heterocycles. The summed E-state index contributed by atoms with van der Waals surface area (Å²) in [4.78, 5) is 28.9. The number of nitrogens with one attached hydrogen (secondary N) is 2. The van der Waals surface area contributed by atoms with E-state index < -0.39 is 6.09 Å². The zero-order valence-corrected chi connectivity index (χ0v) is 15.8. The van der Waals surface area contributed by atoms with E-state index in [0.29, 0.717) is 25.3 Å². The first-order valence-electron chi connectivity index (χ1n) is 9.30. The van der Waals surface area contributed by atoms with E-state index in [-0.39, 0.29) is 0 Å². The minimum Gasteiger partial charge on any atom is -0.465 e. The third-order valence-corrected chi connectivity index (χ3v) is 5.23. The Bertz CT molecular complexity index is 1270. The lowest BCUT2D eigenvalue weighted by Crippen LogP contribution is -2.33. The van der Waals surface area contributed by atoms with Gasteiger partial charge in [0.15, 0.2) is 0 Å². The first kappa shape index (κ1) is 17.2. The summed E-state index contributed by atoms with van der Waals surface area (Å²) >= 11 is 0. The second kappa shape index (κ2) is 6.62. The SMILES string of the molecule is Cc1ncc2ccc(Nc3ncnc4[nH]c(C5=CCN(C(=O)O)CC5)cc34)cn12. The molecule has 5 heterocycles. The predicted octanol–water partition coefficient (Wildman–Crippen LogP) is 3.42. The number of aryl methyl sites for hydroxylation is 1. The lowest BCUT2D eigenvalue weighted by molar-refractivity contribution is 0.150. The summed E-state index contributed by atoms with van der Waals surface area (Å²) in [7, 11) is 0. The van der Waals surface area contributed by atoms with Crippen LogP contribution in [0.3, 0.4) is 0 Å². The van der Waals surface area contributed by atoms with Crippen LogP contribution >= 0.6 is 0 Å². The van der Waals surface area contributed by atoms with Crippen LogP contribution in [0.2, 0.25) is 0 Å². The first-order chi connectivity index (χ1) is 14.1. The van der Waals surface area contributed by atoms with Crippen LogP contribution in [0.4, 0.5) is 16.3 Å². The van der Waals surface area contributed by atoms with Gasteiger partial charge < -0.3 is 24.7 Å². The molecule has 0 unspecified atom stereocenters. The largest absolute Gasteiger partial charge is 0.465 e. The molecule has 0 radical (unpaired) electrons. The van der Waals surface area contributed by atoms with Crippen LogP contribution in [0.25, 0.3) is 22.1 Å².